The standard InChI is InChI=1S/C14H20BrN/c1-7-3-11-10-5-9-6-16(12(10)4-7)14(11)13(15)8(9)2/h7,9-12,14H,3-6H2,1-2H3/t7-,9-,10-,11-,12+,14-/m1/s1. The van der Waals surface area contributed by atoms with E-state index in [4.69, 9.17) is 0 Å². The van der Waals surface area contributed by atoms with Crippen molar-refractivity contribution in [2.75, 3.05) is 6.54 Å². The molecule has 0 amide bonds. The lowest BCUT2D eigenvalue weighted by Crippen LogP contribution is -2.48. The summed E-state index contributed by atoms with van der Waals surface area (Å²) in [6.45, 7) is 6.17. The first kappa shape index (κ1) is 10.1. The molecular formula is C14H20BrN. The average molecular weight is 282 g/mol. The van der Waals surface area contributed by atoms with Crippen LogP contribution in [0.2, 0.25) is 0 Å². The van der Waals surface area contributed by atoms with Crippen molar-refractivity contribution in [3.05, 3.63) is 10.1 Å². The highest BCUT2D eigenvalue weighted by atomic mass is 79.9. The summed E-state index contributed by atoms with van der Waals surface area (Å²) >= 11 is 3.92. The third-order valence-electron chi connectivity index (χ3n) is 5.79. The molecular weight excluding hydrogens is 262 g/mol. The van der Waals surface area contributed by atoms with Gasteiger partial charge in [-0.1, -0.05) is 28.4 Å². The van der Waals surface area contributed by atoms with Crippen LogP contribution in [-0.2, 0) is 0 Å². The van der Waals surface area contributed by atoms with Gasteiger partial charge < -0.3 is 0 Å². The van der Waals surface area contributed by atoms with Gasteiger partial charge >= 0.3 is 0 Å². The molecule has 3 fully saturated rings. The third kappa shape index (κ3) is 1.06. The number of piperidine rings is 1. The second-order valence-electron chi connectivity index (χ2n) is 6.58. The van der Waals surface area contributed by atoms with Crippen molar-refractivity contribution in [2.24, 2.45) is 23.7 Å². The number of halogens is 1. The smallest absolute Gasteiger partial charge is 0.0447 e. The first-order chi connectivity index (χ1) is 7.66. The van der Waals surface area contributed by atoms with Crippen molar-refractivity contribution in [3.8, 4) is 0 Å². The van der Waals surface area contributed by atoms with Crippen LogP contribution < -0.4 is 0 Å². The van der Waals surface area contributed by atoms with E-state index in [9.17, 15) is 0 Å². The molecule has 0 spiro atoms. The van der Waals surface area contributed by atoms with E-state index in [2.05, 4.69) is 34.7 Å². The van der Waals surface area contributed by atoms with Crippen molar-refractivity contribution >= 4 is 15.9 Å². The van der Waals surface area contributed by atoms with E-state index in [1.807, 2.05) is 0 Å². The molecule has 16 heavy (non-hydrogen) atoms. The van der Waals surface area contributed by atoms with Crippen LogP contribution in [0.4, 0.5) is 0 Å². The molecule has 4 aliphatic rings. The largest absolute Gasteiger partial charge is 0.292 e. The fraction of sp³-hybridized carbons (Fsp3) is 0.857. The molecule has 0 N–H and O–H groups in total. The van der Waals surface area contributed by atoms with E-state index in [0.29, 0.717) is 0 Å². The minimum absolute atomic E-state index is 0.763. The molecule has 1 aliphatic carbocycles. The van der Waals surface area contributed by atoms with Gasteiger partial charge in [-0.15, -0.1) is 0 Å². The van der Waals surface area contributed by atoms with Crippen LogP contribution >= 0.6 is 15.9 Å². The summed E-state index contributed by atoms with van der Waals surface area (Å²) in [5.74, 6) is 3.80. The van der Waals surface area contributed by atoms with Crippen molar-refractivity contribution in [1.82, 2.24) is 4.90 Å². The van der Waals surface area contributed by atoms with Gasteiger partial charge in [0.25, 0.3) is 0 Å². The Kier molecular flexibility index (Phi) is 1.99. The normalized spacial score (nSPS) is 58.3. The molecule has 3 heterocycles. The first-order valence-electron chi connectivity index (χ1n) is 6.78. The molecule has 5 bridgehead atoms. The molecule has 2 heteroatoms. The molecule has 0 aromatic carbocycles. The quantitative estimate of drug-likeness (QED) is 0.658. The summed E-state index contributed by atoms with van der Waals surface area (Å²) in [7, 11) is 0. The average Bonchev–Trinajstić information content (AvgIpc) is 2.44. The number of hydrogen-bond donors (Lipinski definition) is 0. The van der Waals surface area contributed by atoms with Gasteiger partial charge in [0, 0.05) is 23.1 Å². The van der Waals surface area contributed by atoms with Crippen molar-refractivity contribution in [2.45, 2.75) is 45.2 Å². The summed E-state index contributed by atoms with van der Waals surface area (Å²) in [5, 5.41) is 0. The molecule has 2 saturated heterocycles. The second-order valence-corrected chi connectivity index (χ2v) is 7.43. The zero-order chi connectivity index (χ0) is 11.0. The maximum Gasteiger partial charge on any atom is 0.0447 e. The number of hydrogen-bond acceptors (Lipinski definition) is 1. The molecule has 3 aliphatic heterocycles. The van der Waals surface area contributed by atoms with Crippen LogP contribution in [-0.4, -0.2) is 23.5 Å². The van der Waals surface area contributed by atoms with E-state index in [1.165, 1.54) is 25.8 Å². The van der Waals surface area contributed by atoms with E-state index in [0.717, 1.165) is 35.8 Å². The lowest BCUT2D eigenvalue weighted by atomic mass is 9.70. The Morgan fingerprint density at radius 3 is 2.81 bits per heavy atom. The van der Waals surface area contributed by atoms with Gasteiger partial charge in [-0.2, -0.15) is 0 Å². The second kappa shape index (κ2) is 3.14. The maximum absolute atomic E-state index is 3.92. The fourth-order valence-corrected chi connectivity index (χ4v) is 6.04. The highest BCUT2D eigenvalue weighted by Gasteiger charge is 2.58. The van der Waals surface area contributed by atoms with E-state index >= 15 is 0 Å². The Balaban J connectivity index is 1.84. The highest BCUT2D eigenvalue weighted by molar-refractivity contribution is 9.11. The zero-order valence-electron chi connectivity index (χ0n) is 10.1. The zero-order valence-corrected chi connectivity index (χ0v) is 11.7. The number of rotatable bonds is 0. The minimum atomic E-state index is 0.763. The van der Waals surface area contributed by atoms with E-state index < -0.39 is 0 Å². The van der Waals surface area contributed by atoms with Crippen LogP contribution in [0, 0.1) is 23.7 Å². The molecule has 1 nitrogen and oxygen atoms in total. The van der Waals surface area contributed by atoms with Crippen LogP contribution in [0.1, 0.15) is 33.1 Å². The predicted molar refractivity (Wildman–Crippen MR) is 69.4 cm³/mol. The lowest BCUT2D eigenvalue weighted by Gasteiger charge is -2.44. The Labute approximate surface area is 106 Å². The number of fused-ring (bicyclic) bond motifs is 2. The lowest BCUT2D eigenvalue weighted by molar-refractivity contribution is 0.0859. The van der Waals surface area contributed by atoms with Gasteiger partial charge in [-0.05, 0) is 49.9 Å². The summed E-state index contributed by atoms with van der Waals surface area (Å²) in [6.07, 6.45) is 4.41. The highest BCUT2D eigenvalue weighted by Crippen LogP contribution is 2.58. The Bertz CT molecular complexity index is 375. The topological polar surface area (TPSA) is 3.24 Å². The van der Waals surface area contributed by atoms with Gasteiger partial charge in [-0.25, -0.2) is 0 Å². The molecule has 1 unspecified atom stereocenters. The van der Waals surface area contributed by atoms with E-state index in [-0.39, 0.29) is 0 Å². The first-order valence-corrected chi connectivity index (χ1v) is 7.58. The molecule has 0 aromatic heterocycles. The van der Waals surface area contributed by atoms with Crippen molar-refractivity contribution in [1.29, 1.82) is 0 Å². The Morgan fingerprint density at radius 2 is 2.00 bits per heavy atom. The van der Waals surface area contributed by atoms with Crippen LogP contribution in [0.15, 0.2) is 10.1 Å². The van der Waals surface area contributed by atoms with Crippen LogP contribution in [0.5, 0.6) is 0 Å². The minimum Gasteiger partial charge on any atom is -0.292 e. The summed E-state index contributed by atoms with van der Waals surface area (Å²) in [5.41, 5.74) is 1.67. The summed E-state index contributed by atoms with van der Waals surface area (Å²) in [6, 6.07) is 1.69. The molecule has 0 aromatic rings. The van der Waals surface area contributed by atoms with Crippen molar-refractivity contribution in [3.63, 3.8) is 0 Å². The van der Waals surface area contributed by atoms with E-state index in [1.54, 1.807) is 10.1 Å². The van der Waals surface area contributed by atoms with Gasteiger partial charge in [0.05, 0.1) is 0 Å². The predicted octanol–water partition coefficient (Wildman–Crippen LogP) is 3.40. The van der Waals surface area contributed by atoms with Crippen molar-refractivity contribution < 1.29 is 0 Å². The molecule has 1 saturated carbocycles. The molecule has 7 atom stereocenters. The van der Waals surface area contributed by atoms with Crippen LogP contribution in [0.3, 0.4) is 0 Å². The SMILES string of the molecule is CC1=C(Br)[C@H]2[C@@H]3C[C@@H](C)C[C@H]4[C@@H]3C[C@@H]1CN42. The molecule has 88 valence electrons. The molecule has 4 rings (SSSR count). The summed E-state index contributed by atoms with van der Waals surface area (Å²) < 4.78 is 1.56. The number of nitrogens with zero attached hydrogens (tertiary/aromatic N) is 1. The Hall–Kier alpha value is 0.180. The fourth-order valence-electron chi connectivity index (χ4n) is 5.12. The summed E-state index contributed by atoms with van der Waals surface area (Å²) in [4.78, 5) is 2.85. The third-order valence-corrected chi connectivity index (χ3v) is 6.88. The van der Waals surface area contributed by atoms with Crippen LogP contribution in [0.25, 0.3) is 0 Å². The monoisotopic (exact) mass is 281 g/mol. The molecule has 0 radical (unpaired) electrons. The van der Waals surface area contributed by atoms with Gasteiger partial charge in [-0.3, -0.25) is 4.90 Å². The van der Waals surface area contributed by atoms with Gasteiger partial charge in [0.15, 0.2) is 0 Å². The van der Waals surface area contributed by atoms with Gasteiger partial charge in [0.1, 0.15) is 0 Å². The maximum atomic E-state index is 3.92. The van der Waals surface area contributed by atoms with Gasteiger partial charge in [0.2, 0.25) is 0 Å². The Morgan fingerprint density at radius 1 is 1.19 bits per heavy atom.